The van der Waals surface area contributed by atoms with Crippen molar-refractivity contribution in [2.75, 3.05) is 0 Å². The highest BCUT2D eigenvalue weighted by Crippen LogP contribution is 2.56. The fraction of sp³-hybridized carbons (Fsp3) is 0.538. The molecule has 0 bridgehead atoms. The van der Waals surface area contributed by atoms with Crippen molar-refractivity contribution in [1.29, 1.82) is 0 Å². The molecule has 3 aliphatic heterocycles. The third kappa shape index (κ3) is 3.53. The van der Waals surface area contributed by atoms with Crippen LogP contribution in [0.25, 0.3) is 0 Å². The first-order valence-corrected chi connectivity index (χ1v) is 11.6. The van der Waals surface area contributed by atoms with E-state index in [9.17, 15) is 0 Å². The van der Waals surface area contributed by atoms with Gasteiger partial charge in [0.05, 0.1) is 11.1 Å². The van der Waals surface area contributed by atoms with Crippen LogP contribution < -0.4 is 0 Å². The average molecular weight is 445 g/mol. The van der Waals surface area contributed by atoms with Crippen LogP contribution in [0, 0.1) is 0 Å². The zero-order valence-electron chi connectivity index (χ0n) is 20.2. The van der Waals surface area contributed by atoms with Crippen molar-refractivity contribution in [1.82, 2.24) is 0 Å². The van der Waals surface area contributed by atoms with E-state index < -0.39 is 22.5 Å². The van der Waals surface area contributed by atoms with Crippen LogP contribution in [0.5, 0.6) is 0 Å². The molecule has 0 radical (unpaired) electrons. The zero-order chi connectivity index (χ0) is 23.5. The molecule has 3 aliphatic rings. The Morgan fingerprint density at radius 3 is 1.36 bits per heavy atom. The molecule has 0 saturated carbocycles. The van der Waals surface area contributed by atoms with Crippen molar-refractivity contribution in [3.63, 3.8) is 0 Å². The number of hydrogen-bond donors (Lipinski definition) is 0. The summed E-state index contributed by atoms with van der Waals surface area (Å²) in [5, 5.41) is 28.5. The highest BCUT2D eigenvalue weighted by Gasteiger charge is 2.66. The molecular weight excluding hydrogens is 412 g/mol. The predicted octanol–water partition coefficient (Wildman–Crippen LogP) is 6.69. The van der Waals surface area contributed by atoms with Crippen LogP contribution in [0.3, 0.4) is 0 Å². The van der Waals surface area contributed by atoms with Gasteiger partial charge in [0.15, 0.2) is 5.72 Å². The Hall–Kier alpha value is -2.80. The molecular formula is C26H32N6O. The molecule has 7 heteroatoms. The first-order valence-electron chi connectivity index (χ1n) is 11.6. The van der Waals surface area contributed by atoms with Gasteiger partial charge < -0.3 is 4.74 Å². The average Bonchev–Trinajstić information content (AvgIpc) is 3.39. The summed E-state index contributed by atoms with van der Waals surface area (Å²) >= 11 is 0. The summed E-state index contributed by atoms with van der Waals surface area (Å²) in [6.45, 7) is 12.3. The van der Waals surface area contributed by atoms with Crippen LogP contribution in [0.1, 0.15) is 64.5 Å². The highest BCUT2D eigenvalue weighted by atomic mass is 16.6. The maximum absolute atomic E-state index is 6.75. The van der Waals surface area contributed by atoms with Gasteiger partial charge in [-0.1, -0.05) is 60.7 Å². The molecule has 0 aliphatic carbocycles. The molecule has 0 spiro atoms. The van der Waals surface area contributed by atoms with Gasteiger partial charge in [-0.05, 0) is 52.7 Å². The minimum atomic E-state index is -1.11. The van der Waals surface area contributed by atoms with E-state index in [0.717, 1.165) is 11.1 Å². The van der Waals surface area contributed by atoms with Gasteiger partial charge in [0.25, 0.3) is 0 Å². The van der Waals surface area contributed by atoms with E-state index in [1.807, 2.05) is 26.0 Å². The Labute approximate surface area is 195 Å². The summed E-state index contributed by atoms with van der Waals surface area (Å²) in [5.74, 6) is -0.0798. The monoisotopic (exact) mass is 444 g/mol. The number of nitrogens with zero attached hydrogens (tertiary/aromatic N) is 6. The van der Waals surface area contributed by atoms with Crippen LogP contribution in [0.4, 0.5) is 0 Å². The number of azo groups is 3. The minimum Gasteiger partial charge on any atom is -0.319 e. The molecule has 0 amide bonds. The van der Waals surface area contributed by atoms with Crippen molar-refractivity contribution >= 4 is 0 Å². The largest absolute Gasteiger partial charge is 0.319 e. The summed E-state index contributed by atoms with van der Waals surface area (Å²) < 4.78 is 6.75. The van der Waals surface area contributed by atoms with E-state index in [-0.39, 0.29) is 23.9 Å². The van der Waals surface area contributed by atoms with Crippen LogP contribution in [-0.4, -0.2) is 34.6 Å². The summed E-state index contributed by atoms with van der Waals surface area (Å²) in [7, 11) is 0. The van der Waals surface area contributed by atoms with Gasteiger partial charge in [-0.15, -0.1) is 0 Å². The van der Waals surface area contributed by atoms with E-state index in [0.29, 0.717) is 0 Å². The second-order valence-corrected chi connectivity index (χ2v) is 10.9. The number of rotatable bonds is 4. The topological polar surface area (TPSA) is 83.4 Å². The predicted molar refractivity (Wildman–Crippen MR) is 127 cm³/mol. The van der Waals surface area contributed by atoms with Crippen molar-refractivity contribution < 1.29 is 4.74 Å². The van der Waals surface area contributed by atoms with E-state index in [1.165, 1.54) is 0 Å². The van der Waals surface area contributed by atoms with Crippen LogP contribution in [0.15, 0.2) is 91.3 Å². The number of hydrogen-bond acceptors (Lipinski definition) is 7. The lowest BCUT2D eigenvalue weighted by atomic mass is 9.69. The lowest BCUT2D eigenvalue weighted by Gasteiger charge is -2.42. The van der Waals surface area contributed by atoms with Crippen LogP contribution in [0.2, 0.25) is 0 Å². The Morgan fingerprint density at radius 1 is 0.576 bits per heavy atom. The molecule has 0 aromatic heterocycles. The minimum absolute atomic E-state index is 0.0399. The van der Waals surface area contributed by atoms with Crippen molar-refractivity contribution in [2.45, 2.75) is 88.0 Å². The SMILES string of the molecule is CC1(C)N=NC([C@@H]2N=NC(C)(C)[C@H]2c2ccccc2)([C@@H]2N=NC(C)(C)[C@H]2c2ccccc2)O1. The summed E-state index contributed by atoms with van der Waals surface area (Å²) in [4.78, 5) is 0. The van der Waals surface area contributed by atoms with Crippen LogP contribution in [-0.2, 0) is 4.74 Å². The molecule has 172 valence electrons. The number of benzene rings is 2. The fourth-order valence-corrected chi connectivity index (χ4v) is 5.65. The van der Waals surface area contributed by atoms with Crippen LogP contribution >= 0.6 is 0 Å². The first-order chi connectivity index (χ1) is 15.6. The van der Waals surface area contributed by atoms with Crippen molar-refractivity contribution in [3.8, 4) is 0 Å². The smallest absolute Gasteiger partial charge is 0.231 e. The van der Waals surface area contributed by atoms with Gasteiger partial charge in [0.2, 0.25) is 5.72 Å². The zero-order valence-corrected chi connectivity index (χ0v) is 20.2. The highest BCUT2D eigenvalue weighted by molar-refractivity contribution is 5.34. The third-order valence-corrected chi connectivity index (χ3v) is 7.06. The second kappa shape index (κ2) is 7.35. The van der Waals surface area contributed by atoms with Gasteiger partial charge in [-0.3, -0.25) is 0 Å². The summed E-state index contributed by atoms with van der Waals surface area (Å²) in [5.41, 5.74) is -0.417. The molecule has 0 saturated heterocycles. The van der Waals surface area contributed by atoms with Crippen molar-refractivity contribution in [2.24, 2.45) is 30.7 Å². The van der Waals surface area contributed by atoms with Crippen molar-refractivity contribution in [3.05, 3.63) is 71.8 Å². The lowest BCUT2D eigenvalue weighted by molar-refractivity contribution is -0.127. The standard InChI is InChI=1S/C26H32N6O/c1-23(2)19(17-13-9-7-10-14-17)21(27-29-23)26(32-31-25(5,6)33-26)22-20(24(3,4)30-28-22)18-15-11-8-12-16-18/h7-16,19-22H,1-6H3/t19-,20-,21+,22+/m0/s1. The van der Waals surface area contributed by atoms with E-state index in [1.54, 1.807) is 0 Å². The molecule has 2 aromatic carbocycles. The van der Waals surface area contributed by atoms with Gasteiger partial charge in [0, 0.05) is 11.8 Å². The Morgan fingerprint density at radius 2 is 1.00 bits per heavy atom. The molecule has 7 nitrogen and oxygen atoms in total. The normalized spacial score (nSPS) is 32.4. The Kier molecular flexibility index (Phi) is 4.90. The van der Waals surface area contributed by atoms with Gasteiger partial charge >= 0.3 is 0 Å². The Bertz CT molecular complexity index is 1030. The molecule has 3 heterocycles. The quantitative estimate of drug-likeness (QED) is 0.517. The second-order valence-electron chi connectivity index (χ2n) is 10.9. The molecule has 33 heavy (non-hydrogen) atoms. The maximum Gasteiger partial charge on any atom is 0.231 e. The van der Waals surface area contributed by atoms with E-state index in [4.69, 9.17) is 30.3 Å². The molecule has 2 aromatic rings. The first kappa shape index (κ1) is 22.0. The summed E-state index contributed by atoms with van der Waals surface area (Å²) in [6.07, 6.45) is 0. The molecule has 0 unspecified atom stereocenters. The maximum atomic E-state index is 6.75. The third-order valence-electron chi connectivity index (χ3n) is 7.06. The lowest BCUT2D eigenvalue weighted by Crippen LogP contribution is -2.57. The summed E-state index contributed by atoms with van der Waals surface area (Å²) in [6, 6.07) is 20.0. The van der Waals surface area contributed by atoms with Gasteiger partial charge in [-0.2, -0.15) is 30.7 Å². The van der Waals surface area contributed by atoms with E-state index >= 15 is 0 Å². The molecule has 5 rings (SSSR count). The Balaban J connectivity index is 1.67. The molecule has 0 fully saturated rings. The fourth-order valence-electron chi connectivity index (χ4n) is 5.65. The van der Waals surface area contributed by atoms with Gasteiger partial charge in [-0.25, -0.2) is 0 Å². The molecule has 4 atom stereocenters. The molecule has 0 N–H and O–H groups in total. The van der Waals surface area contributed by atoms with E-state index in [2.05, 4.69) is 81.3 Å². The number of ether oxygens (including phenoxy) is 1. The van der Waals surface area contributed by atoms with Gasteiger partial charge in [0.1, 0.15) is 12.1 Å².